The lowest BCUT2D eigenvalue weighted by Gasteiger charge is -2.52. The fourth-order valence-corrected chi connectivity index (χ4v) is 8.62. The van der Waals surface area contributed by atoms with Crippen LogP contribution in [0.4, 0.5) is 42.5 Å². The molecule has 17 nitrogen and oxygen atoms in total. The van der Waals surface area contributed by atoms with Gasteiger partial charge in [-0.25, -0.2) is 4.79 Å². The number of alkyl halides is 6. The Balaban J connectivity index is 1.35. The highest BCUT2D eigenvalue weighted by atomic mass is 19.4. The minimum Gasteiger partial charge on any atom is -0.505 e. The molecule has 23 heteroatoms. The summed E-state index contributed by atoms with van der Waals surface area (Å²) in [5, 5.41) is 25.8. The van der Waals surface area contributed by atoms with E-state index in [1.54, 1.807) is 19.0 Å². The van der Waals surface area contributed by atoms with Crippen LogP contribution >= 0.6 is 0 Å². The zero-order valence-electron chi connectivity index (χ0n) is 35.4. The molecule has 2 aromatic carbocycles. The quantitative estimate of drug-likeness (QED) is 0.0882. The number of rotatable bonds is 10. The number of esters is 1. The number of benzene rings is 2. The van der Waals surface area contributed by atoms with Crippen LogP contribution in [-0.2, 0) is 63.4 Å². The zero-order valence-corrected chi connectivity index (χ0v) is 35.4. The molecule has 5 N–H and O–H groups in total. The maximum absolute atomic E-state index is 14.4. The van der Waals surface area contributed by atoms with Gasteiger partial charge in [0.05, 0.1) is 40.8 Å². The number of nitrogens with one attached hydrogen (secondary N) is 1. The first-order valence-corrected chi connectivity index (χ1v) is 19.4. The summed E-state index contributed by atoms with van der Waals surface area (Å²) in [5.74, 6) is -15.4. The summed E-state index contributed by atoms with van der Waals surface area (Å²) in [6.45, 7) is 2.40. The van der Waals surface area contributed by atoms with E-state index in [2.05, 4.69) is 5.32 Å². The van der Waals surface area contributed by atoms with Crippen LogP contribution in [0.3, 0.4) is 0 Å². The molecule has 0 radical (unpaired) electrons. The number of nitrogens with zero attached hydrogens (tertiary/aromatic N) is 3. The molecule has 0 spiro atoms. The van der Waals surface area contributed by atoms with E-state index >= 15 is 0 Å². The molecule has 2 saturated carbocycles. The van der Waals surface area contributed by atoms with Crippen molar-refractivity contribution in [1.82, 2.24) is 9.80 Å². The highest BCUT2D eigenvalue weighted by Gasteiger charge is 2.69. The van der Waals surface area contributed by atoms with E-state index in [4.69, 9.17) is 15.2 Å². The van der Waals surface area contributed by atoms with Crippen molar-refractivity contribution in [2.24, 2.45) is 29.4 Å². The first kappa shape index (κ1) is 48.9. The maximum atomic E-state index is 14.4. The van der Waals surface area contributed by atoms with E-state index in [1.165, 1.54) is 45.8 Å². The Morgan fingerprint density at radius 3 is 1.97 bits per heavy atom. The second-order valence-corrected chi connectivity index (χ2v) is 17.3. The SMILES string of the molecule is CN(C)c1cc(NC(=O)CN(C(=O)OCOC(=O)Cc2cc(C(F)(F)F)cc(C(F)(F)F)c2)C(C)(C)C)c(O)c2c1C[C@H]1C[C@H]3[C@H](N(C)C)C(=O)C(C(N)=O)C(=O)[C@@]3(O)C(=O)C1C2=O. The number of anilines is 2. The van der Waals surface area contributed by atoms with Crippen molar-refractivity contribution in [2.45, 2.75) is 69.6 Å². The van der Waals surface area contributed by atoms with Gasteiger partial charge in [0.1, 0.15) is 12.3 Å². The average Bonchev–Trinajstić information content (AvgIpc) is 3.14. The molecule has 0 heterocycles. The monoisotopic (exact) mass is 913 g/mol. The molecular weight excluding hydrogens is 868 g/mol. The number of halogens is 6. The second kappa shape index (κ2) is 17.1. The number of aromatic hydroxyl groups is 1. The standard InChI is InChI=1S/C41H45F6N5O12/c1-38(2,3)52(37(61)64-16-63-26(54)10-17-8-19(40(42,43)44)13-20(9-17)41(45,46)47)15-25(53)49-23-14-24(50(4)5)21-11-18-12-22-30(51(6)7)33(57)29(36(48)60)35(59)39(22,62)34(58)27(18)32(56)28(21)31(23)55/h8-9,13-14,18,22,27,29-30,55,62H,10-12,15-16H2,1-7H3,(H2,48,60)(H,49,53)/t18-,22-,27?,29?,30-,39-/m0/s1. The van der Waals surface area contributed by atoms with E-state index in [9.17, 15) is 74.9 Å². The van der Waals surface area contributed by atoms with E-state index in [0.717, 1.165) is 4.90 Å². The van der Waals surface area contributed by atoms with E-state index in [1.807, 2.05) is 0 Å². The Kier molecular flexibility index (Phi) is 13.1. The Hall–Kier alpha value is -6.10. The fourth-order valence-electron chi connectivity index (χ4n) is 8.62. The number of phenols is 1. The van der Waals surface area contributed by atoms with Gasteiger partial charge in [0, 0.05) is 31.2 Å². The molecule has 3 aliphatic rings. The largest absolute Gasteiger partial charge is 0.505 e. The molecule has 3 aliphatic carbocycles. The van der Waals surface area contributed by atoms with Crippen LogP contribution in [0.1, 0.15) is 59.8 Å². The van der Waals surface area contributed by atoms with Crippen molar-refractivity contribution in [3.8, 4) is 5.75 Å². The molecule has 0 aromatic heterocycles. The third-order valence-corrected chi connectivity index (χ3v) is 11.5. The number of Topliss-reactive ketones (excluding diaryl/α,β-unsaturated/α-hetero) is 4. The Labute approximate surface area is 360 Å². The molecule has 0 bridgehead atoms. The molecule has 6 atom stereocenters. The molecule has 64 heavy (non-hydrogen) atoms. The fraction of sp³-hybridized carbons (Fsp3) is 0.512. The van der Waals surface area contributed by atoms with Crippen LogP contribution in [0.25, 0.3) is 0 Å². The van der Waals surface area contributed by atoms with Crippen LogP contribution < -0.4 is 16.0 Å². The van der Waals surface area contributed by atoms with E-state index < -0.39 is 148 Å². The van der Waals surface area contributed by atoms with Gasteiger partial charge in [-0.15, -0.1) is 0 Å². The molecule has 2 fully saturated rings. The summed E-state index contributed by atoms with van der Waals surface area (Å²) in [6, 6.07) is 0.547. The number of amides is 3. The van der Waals surface area contributed by atoms with E-state index in [-0.39, 0.29) is 35.8 Å². The van der Waals surface area contributed by atoms with Gasteiger partial charge in [-0.05, 0) is 89.0 Å². The normalized spacial score (nSPS) is 23.5. The summed E-state index contributed by atoms with van der Waals surface area (Å²) >= 11 is 0. The number of hydrogen-bond donors (Lipinski definition) is 4. The minimum atomic E-state index is -5.17. The number of carbonyl (C=O) groups excluding carboxylic acids is 8. The number of ketones is 4. The number of fused-ring (bicyclic) bond motifs is 3. The third kappa shape index (κ3) is 9.12. The van der Waals surface area contributed by atoms with Crippen molar-refractivity contribution in [2.75, 3.05) is 51.7 Å². The molecule has 5 rings (SSSR count). The van der Waals surface area contributed by atoms with Gasteiger partial charge in [-0.2, -0.15) is 26.3 Å². The number of hydrogen-bond acceptors (Lipinski definition) is 14. The predicted molar refractivity (Wildman–Crippen MR) is 208 cm³/mol. The zero-order chi connectivity index (χ0) is 48.3. The first-order chi connectivity index (χ1) is 29.3. The summed E-state index contributed by atoms with van der Waals surface area (Å²) in [5.41, 5.74) is -3.13. The lowest BCUT2D eigenvalue weighted by molar-refractivity contribution is -0.181. The van der Waals surface area contributed by atoms with E-state index in [0.29, 0.717) is 12.1 Å². The van der Waals surface area contributed by atoms with Crippen molar-refractivity contribution in [1.29, 1.82) is 0 Å². The van der Waals surface area contributed by atoms with Gasteiger partial charge >= 0.3 is 24.4 Å². The van der Waals surface area contributed by atoms with Gasteiger partial charge in [-0.1, -0.05) is 0 Å². The number of primary amides is 1. The maximum Gasteiger partial charge on any atom is 0.416 e. The Bertz CT molecular complexity index is 2290. The number of nitrogens with two attached hydrogens (primary N) is 1. The Morgan fingerprint density at radius 1 is 0.891 bits per heavy atom. The van der Waals surface area contributed by atoms with Crippen LogP contribution in [0, 0.1) is 23.7 Å². The highest BCUT2D eigenvalue weighted by Crippen LogP contribution is 2.53. The van der Waals surface area contributed by atoms with Crippen molar-refractivity contribution in [3.05, 3.63) is 52.1 Å². The lowest BCUT2D eigenvalue weighted by Crippen LogP contribution is -2.74. The number of phenolic OH excluding ortho intramolecular Hbond substituents is 1. The van der Waals surface area contributed by atoms with Gasteiger partial charge < -0.3 is 35.6 Å². The third-order valence-electron chi connectivity index (χ3n) is 11.5. The van der Waals surface area contributed by atoms with Crippen LogP contribution in [0.15, 0.2) is 24.3 Å². The topological polar surface area (TPSA) is 243 Å². The summed E-state index contributed by atoms with van der Waals surface area (Å²) < 4.78 is 89.2. The predicted octanol–water partition coefficient (Wildman–Crippen LogP) is 2.89. The van der Waals surface area contributed by atoms with Gasteiger partial charge in [0.2, 0.25) is 18.6 Å². The van der Waals surface area contributed by atoms with Gasteiger partial charge in [-0.3, -0.25) is 43.4 Å². The molecule has 2 aromatic rings. The lowest BCUT2D eigenvalue weighted by atomic mass is 9.52. The van der Waals surface area contributed by atoms with Gasteiger partial charge in [0.15, 0.2) is 34.7 Å². The highest BCUT2D eigenvalue weighted by molar-refractivity contribution is 6.32. The molecular formula is C41H45F6N5O12. The molecule has 0 saturated heterocycles. The number of ether oxygens (including phenoxy) is 2. The van der Waals surface area contributed by atoms with Crippen molar-refractivity contribution < 1.29 is 84.4 Å². The summed E-state index contributed by atoms with van der Waals surface area (Å²) in [6.07, 6.45) is -13.0. The van der Waals surface area contributed by atoms with Crippen molar-refractivity contribution >= 4 is 58.4 Å². The second-order valence-electron chi connectivity index (χ2n) is 17.3. The molecule has 3 amide bonds. The first-order valence-electron chi connectivity index (χ1n) is 19.4. The van der Waals surface area contributed by atoms with Crippen molar-refractivity contribution in [3.63, 3.8) is 0 Å². The van der Waals surface area contributed by atoms with Crippen LogP contribution in [0.5, 0.6) is 5.75 Å². The summed E-state index contributed by atoms with van der Waals surface area (Å²) in [4.78, 5) is 111. The molecule has 2 unspecified atom stereocenters. The number of aliphatic hydroxyl groups is 1. The smallest absolute Gasteiger partial charge is 0.416 e. The summed E-state index contributed by atoms with van der Waals surface area (Å²) in [7, 11) is 6.06. The number of likely N-dealkylation sites (N-methyl/N-ethyl adjacent to an activating group) is 1. The van der Waals surface area contributed by atoms with Crippen LogP contribution in [-0.4, -0.2) is 126 Å². The Morgan fingerprint density at radius 2 is 1.47 bits per heavy atom. The van der Waals surface area contributed by atoms with Gasteiger partial charge in [0.25, 0.3) is 0 Å². The molecule has 0 aliphatic heterocycles. The van der Waals surface area contributed by atoms with Crippen LogP contribution in [0.2, 0.25) is 0 Å². The minimum absolute atomic E-state index is 0.0795. The average molecular weight is 914 g/mol. The number of carbonyl (C=O) groups is 8. The molecule has 348 valence electrons.